The van der Waals surface area contributed by atoms with E-state index in [9.17, 15) is 35.7 Å². The van der Waals surface area contributed by atoms with E-state index in [0.717, 1.165) is 0 Å². The van der Waals surface area contributed by atoms with Crippen LogP contribution in [0, 0.1) is 0 Å². The Balaban J connectivity index is 2.11. The molecule has 11 heteroatoms. The summed E-state index contributed by atoms with van der Waals surface area (Å²) in [5, 5.41) is 76.5. The van der Waals surface area contributed by atoms with Crippen LogP contribution in [0.25, 0.3) is 0 Å². The summed E-state index contributed by atoms with van der Waals surface area (Å²) < 4.78 is 15.3. The molecular weight excluding hydrogens is 320 g/mol. The van der Waals surface area contributed by atoms with E-state index in [0.29, 0.717) is 0 Å². The average molecular weight is 342 g/mol. The van der Waals surface area contributed by atoms with E-state index in [1.165, 1.54) is 0 Å². The Morgan fingerprint density at radius 3 is 1.83 bits per heavy atom. The van der Waals surface area contributed by atoms with Crippen LogP contribution in [-0.2, 0) is 14.2 Å². The van der Waals surface area contributed by atoms with Crippen LogP contribution in [0.4, 0.5) is 0 Å². The standard InChI is InChI=1S/C12H22O11/c13-1-3-5(15)6(16)9(19)12(22-3)23-10-4(2-14)21-11(20)8(18)7(10)17/h3-20H,1-2H2/t3-,4-,5+,6+,7+,8-,9+,10+,11+,12+/m0/s1. The molecule has 0 bridgehead atoms. The monoisotopic (exact) mass is 342 g/mol. The van der Waals surface area contributed by atoms with Crippen molar-refractivity contribution < 1.29 is 55.1 Å². The van der Waals surface area contributed by atoms with E-state index in [1.54, 1.807) is 0 Å². The van der Waals surface area contributed by atoms with Crippen LogP contribution >= 0.6 is 0 Å². The summed E-state index contributed by atoms with van der Waals surface area (Å²) in [6.45, 7) is -1.35. The first kappa shape index (κ1) is 18.9. The molecule has 0 aliphatic carbocycles. The first-order chi connectivity index (χ1) is 10.8. The third-order valence-electron chi connectivity index (χ3n) is 3.98. The minimum absolute atomic E-state index is 0.667. The molecule has 8 N–H and O–H groups in total. The first-order valence-electron chi connectivity index (χ1n) is 7.08. The molecule has 0 spiro atoms. The van der Waals surface area contributed by atoms with Crippen molar-refractivity contribution in [3.05, 3.63) is 0 Å². The van der Waals surface area contributed by atoms with Crippen LogP contribution in [0.15, 0.2) is 0 Å². The fraction of sp³-hybridized carbons (Fsp3) is 1.00. The van der Waals surface area contributed by atoms with Gasteiger partial charge in [-0.2, -0.15) is 0 Å². The van der Waals surface area contributed by atoms with Gasteiger partial charge in [-0.25, -0.2) is 0 Å². The second kappa shape index (κ2) is 7.63. The third kappa shape index (κ3) is 3.65. The normalized spacial score (nSPS) is 51.7. The Morgan fingerprint density at radius 2 is 1.26 bits per heavy atom. The molecular formula is C12H22O11. The smallest absolute Gasteiger partial charge is 0.187 e. The summed E-state index contributed by atoms with van der Waals surface area (Å²) in [7, 11) is 0. The molecule has 2 heterocycles. The molecule has 2 saturated heterocycles. The SMILES string of the molecule is OC[C@@H]1O[C@H](O[C@H]2[C@H](O)[C@H](O)[C@H](O)O[C@H]2CO)[C@H](O)[C@H](O)[C@@H]1O. The quantitative estimate of drug-likeness (QED) is 0.243. The lowest BCUT2D eigenvalue weighted by atomic mass is 9.97. The van der Waals surface area contributed by atoms with E-state index in [1.807, 2.05) is 0 Å². The van der Waals surface area contributed by atoms with E-state index in [2.05, 4.69) is 0 Å². The van der Waals surface area contributed by atoms with Gasteiger partial charge in [0.05, 0.1) is 13.2 Å². The summed E-state index contributed by atoms with van der Waals surface area (Å²) in [5.41, 5.74) is 0. The van der Waals surface area contributed by atoms with Crippen LogP contribution in [0.2, 0.25) is 0 Å². The van der Waals surface area contributed by atoms with Gasteiger partial charge in [0.1, 0.15) is 48.8 Å². The maximum atomic E-state index is 9.94. The number of rotatable bonds is 4. The second-order valence-corrected chi connectivity index (χ2v) is 5.53. The number of hydrogen-bond donors (Lipinski definition) is 8. The summed E-state index contributed by atoms with van der Waals surface area (Å²) in [6.07, 6.45) is -15.6. The summed E-state index contributed by atoms with van der Waals surface area (Å²) in [5.74, 6) is 0. The van der Waals surface area contributed by atoms with E-state index < -0.39 is 74.6 Å². The second-order valence-electron chi connectivity index (χ2n) is 5.53. The third-order valence-corrected chi connectivity index (χ3v) is 3.98. The lowest BCUT2D eigenvalue weighted by Crippen LogP contribution is -2.64. The van der Waals surface area contributed by atoms with Crippen molar-refractivity contribution in [2.75, 3.05) is 13.2 Å². The van der Waals surface area contributed by atoms with E-state index in [4.69, 9.17) is 19.3 Å². The zero-order valence-corrected chi connectivity index (χ0v) is 12.0. The largest absolute Gasteiger partial charge is 0.394 e. The molecule has 10 atom stereocenters. The van der Waals surface area contributed by atoms with Crippen LogP contribution in [0.5, 0.6) is 0 Å². The van der Waals surface area contributed by atoms with Gasteiger partial charge >= 0.3 is 0 Å². The van der Waals surface area contributed by atoms with Gasteiger partial charge < -0.3 is 55.1 Å². The molecule has 11 nitrogen and oxygen atoms in total. The Kier molecular flexibility index (Phi) is 6.27. The Bertz CT molecular complexity index is 378. The van der Waals surface area contributed by atoms with Gasteiger partial charge in [-0.1, -0.05) is 0 Å². The summed E-state index contributed by atoms with van der Waals surface area (Å²) in [4.78, 5) is 0. The lowest BCUT2D eigenvalue weighted by molar-refractivity contribution is -0.355. The molecule has 2 rings (SSSR count). The molecule has 0 unspecified atom stereocenters. The van der Waals surface area contributed by atoms with Crippen molar-refractivity contribution in [1.82, 2.24) is 0 Å². The van der Waals surface area contributed by atoms with Gasteiger partial charge in [0.25, 0.3) is 0 Å². The van der Waals surface area contributed by atoms with Gasteiger partial charge in [-0.3, -0.25) is 0 Å². The number of ether oxygens (including phenoxy) is 3. The highest BCUT2D eigenvalue weighted by Crippen LogP contribution is 2.28. The predicted octanol–water partition coefficient (Wildman–Crippen LogP) is -5.40. The molecule has 0 saturated carbocycles. The highest BCUT2D eigenvalue weighted by atomic mass is 16.7. The topological polar surface area (TPSA) is 190 Å². The van der Waals surface area contributed by atoms with Crippen molar-refractivity contribution in [2.24, 2.45) is 0 Å². The predicted molar refractivity (Wildman–Crippen MR) is 68.6 cm³/mol. The van der Waals surface area contributed by atoms with Crippen LogP contribution in [0.1, 0.15) is 0 Å². The molecule has 2 fully saturated rings. The Morgan fingerprint density at radius 1 is 0.652 bits per heavy atom. The van der Waals surface area contributed by atoms with Crippen LogP contribution < -0.4 is 0 Å². The fourth-order valence-electron chi connectivity index (χ4n) is 2.57. The minimum atomic E-state index is -1.74. The van der Waals surface area contributed by atoms with Gasteiger partial charge in [0, 0.05) is 0 Å². The van der Waals surface area contributed by atoms with E-state index >= 15 is 0 Å². The van der Waals surface area contributed by atoms with Gasteiger partial charge in [-0.05, 0) is 0 Å². The molecule has 0 aromatic carbocycles. The van der Waals surface area contributed by atoms with Crippen molar-refractivity contribution in [1.29, 1.82) is 0 Å². The van der Waals surface area contributed by atoms with Gasteiger partial charge in [-0.15, -0.1) is 0 Å². The van der Waals surface area contributed by atoms with Crippen LogP contribution in [-0.4, -0.2) is 115 Å². The van der Waals surface area contributed by atoms with Crippen molar-refractivity contribution in [2.45, 2.75) is 61.4 Å². The number of hydrogen-bond acceptors (Lipinski definition) is 11. The Hall–Kier alpha value is -0.440. The molecule has 0 amide bonds. The molecule has 136 valence electrons. The molecule has 0 radical (unpaired) electrons. The average Bonchev–Trinajstić information content (AvgIpc) is 2.55. The molecule has 0 aromatic heterocycles. The zero-order chi connectivity index (χ0) is 17.3. The number of aliphatic hydroxyl groups is 8. The zero-order valence-electron chi connectivity index (χ0n) is 12.0. The molecule has 23 heavy (non-hydrogen) atoms. The minimum Gasteiger partial charge on any atom is -0.394 e. The molecule has 0 aromatic rings. The first-order valence-corrected chi connectivity index (χ1v) is 7.08. The highest BCUT2D eigenvalue weighted by Gasteiger charge is 2.50. The maximum absolute atomic E-state index is 9.94. The Labute approximate surface area is 130 Å². The van der Waals surface area contributed by atoms with Crippen molar-refractivity contribution in [3.63, 3.8) is 0 Å². The highest BCUT2D eigenvalue weighted by molar-refractivity contribution is 4.93. The number of aliphatic hydroxyl groups excluding tert-OH is 8. The van der Waals surface area contributed by atoms with Crippen LogP contribution in [0.3, 0.4) is 0 Å². The fourth-order valence-corrected chi connectivity index (χ4v) is 2.57. The van der Waals surface area contributed by atoms with E-state index in [-0.39, 0.29) is 0 Å². The molecule has 2 aliphatic heterocycles. The van der Waals surface area contributed by atoms with Gasteiger partial charge in [0.15, 0.2) is 12.6 Å². The maximum Gasteiger partial charge on any atom is 0.187 e. The summed E-state index contributed by atoms with van der Waals surface area (Å²) in [6, 6.07) is 0. The van der Waals surface area contributed by atoms with Crippen molar-refractivity contribution in [3.8, 4) is 0 Å². The summed E-state index contributed by atoms with van der Waals surface area (Å²) >= 11 is 0. The molecule has 2 aliphatic rings. The van der Waals surface area contributed by atoms with Crippen molar-refractivity contribution >= 4 is 0 Å². The van der Waals surface area contributed by atoms with Gasteiger partial charge in [0.2, 0.25) is 0 Å². The lowest BCUT2D eigenvalue weighted by Gasteiger charge is -2.45.